The minimum absolute atomic E-state index is 0. The van der Waals surface area contributed by atoms with Gasteiger partial charge in [0.1, 0.15) is 0 Å². The Bertz CT molecular complexity index is 114. The van der Waals surface area contributed by atoms with Crippen molar-refractivity contribution < 1.29 is 53.6 Å². The molecule has 0 radical (unpaired) electrons. The molecule has 0 saturated carbocycles. The summed E-state index contributed by atoms with van der Waals surface area (Å²) in [4.78, 5) is 0. The molecule has 0 bridgehead atoms. The van der Waals surface area contributed by atoms with Crippen molar-refractivity contribution in [3.05, 3.63) is 0 Å². The molecular formula is C2H9NaO5S. The Kier molecular flexibility index (Phi) is 16.1. The minimum Gasteiger partial charge on any atom is -1.00 e. The molecule has 9 heavy (non-hydrogen) atoms. The zero-order valence-corrected chi connectivity index (χ0v) is 8.09. The van der Waals surface area contributed by atoms with Crippen molar-refractivity contribution in [3.63, 3.8) is 0 Å². The summed E-state index contributed by atoms with van der Waals surface area (Å²) in [6, 6.07) is 0. The van der Waals surface area contributed by atoms with E-state index in [2.05, 4.69) is 0 Å². The van der Waals surface area contributed by atoms with Crippen molar-refractivity contribution in [2.24, 2.45) is 0 Å². The van der Waals surface area contributed by atoms with E-state index in [0.29, 0.717) is 0 Å². The number of rotatable bonds is 0. The first-order valence-electron chi connectivity index (χ1n) is 1.72. The van der Waals surface area contributed by atoms with Gasteiger partial charge in [-0.15, -0.1) is 0 Å². The third-order valence-corrected chi connectivity index (χ3v) is 0. The quantitative estimate of drug-likeness (QED) is 0.257. The molecule has 0 aromatic heterocycles. The van der Waals surface area contributed by atoms with Gasteiger partial charge in [0.05, 0.1) is 0 Å². The maximum absolute atomic E-state index is 8.74. The SMILES string of the molecule is CCO.O=S(=O)(O)O.[H-].[Na+]. The average Bonchev–Trinajstić information content (AvgIpc) is 1.27. The normalized spacial score (nSPS) is 8.44. The smallest absolute Gasteiger partial charge is 1.00 e. The number of hydrogen-bond acceptors (Lipinski definition) is 3. The fourth-order valence-corrected chi connectivity index (χ4v) is 0. The predicted molar refractivity (Wildman–Crippen MR) is 28.0 cm³/mol. The van der Waals surface area contributed by atoms with E-state index in [0.717, 1.165) is 0 Å². The van der Waals surface area contributed by atoms with Gasteiger partial charge >= 0.3 is 40.0 Å². The summed E-state index contributed by atoms with van der Waals surface area (Å²) in [5, 5.41) is 7.57. The van der Waals surface area contributed by atoms with Gasteiger partial charge in [-0.05, 0) is 6.92 Å². The molecule has 0 aromatic carbocycles. The molecule has 0 aliphatic heterocycles. The fraction of sp³-hybridized carbons (Fsp3) is 1.00. The van der Waals surface area contributed by atoms with Crippen molar-refractivity contribution in [1.82, 2.24) is 0 Å². The van der Waals surface area contributed by atoms with Crippen molar-refractivity contribution in [3.8, 4) is 0 Å². The van der Waals surface area contributed by atoms with Gasteiger partial charge in [-0.3, -0.25) is 9.11 Å². The van der Waals surface area contributed by atoms with Crippen molar-refractivity contribution in [2.45, 2.75) is 6.92 Å². The van der Waals surface area contributed by atoms with Gasteiger partial charge in [-0.25, -0.2) is 0 Å². The topological polar surface area (TPSA) is 94.8 Å². The van der Waals surface area contributed by atoms with Crippen LogP contribution < -0.4 is 29.6 Å². The zero-order valence-electron chi connectivity index (χ0n) is 6.27. The van der Waals surface area contributed by atoms with Crippen LogP contribution >= 0.6 is 0 Å². The molecule has 0 amide bonds. The second kappa shape index (κ2) is 8.83. The molecule has 0 spiro atoms. The summed E-state index contributed by atoms with van der Waals surface area (Å²) in [5.74, 6) is 0. The van der Waals surface area contributed by atoms with Crippen molar-refractivity contribution >= 4 is 10.4 Å². The molecule has 5 nitrogen and oxygen atoms in total. The molecule has 3 N–H and O–H groups in total. The van der Waals surface area contributed by atoms with Gasteiger partial charge in [0, 0.05) is 6.61 Å². The van der Waals surface area contributed by atoms with Crippen LogP contribution in [0, 0.1) is 0 Å². The Morgan fingerprint density at radius 2 is 1.44 bits per heavy atom. The molecule has 0 rings (SSSR count). The summed E-state index contributed by atoms with van der Waals surface area (Å²) in [6.07, 6.45) is 0. The third kappa shape index (κ3) is 598. The predicted octanol–water partition coefficient (Wildman–Crippen LogP) is -3.54. The van der Waals surface area contributed by atoms with Crippen LogP contribution in [-0.4, -0.2) is 29.2 Å². The van der Waals surface area contributed by atoms with E-state index >= 15 is 0 Å². The Morgan fingerprint density at radius 1 is 1.44 bits per heavy atom. The third-order valence-electron chi connectivity index (χ3n) is 0. The molecule has 0 aliphatic carbocycles. The summed E-state index contributed by atoms with van der Waals surface area (Å²) >= 11 is 0. The van der Waals surface area contributed by atoms with E-state index in [1.807, 2.05) is 0 Å². The van der Waals surface area contributed by atoms with Gasteiger partial charge in [0.25, 0.3) is 0 Å². The number of hydrogen-bond donors (Lipinski definition) is 3. The van der Waals surface area contributed by atoms with E-state index in [1.54, 1.807) is 6.92 Å². The van der Waals surface area contributed by atoms with Gasteiger partial charge in [0.2, 0.25) is 0 Å². The monoisotopic (exact) mass is 168 g/mol. The average molecular weight is 168 g/mol. The molecule has 0 aliphatic rings. The summed E-state index contributed by atoms with van der Waals surface area (Å²) in [6.45, 7) is 1.93. The van der Waals surface area contributed by atoms with Crippen LogP contribution in [0.25, 0.3) is 0 Å². The largest absolute Gasteiger partial charge is 1.00 e. The molecule has 0 unspecified atom stereocenters. The number of aliphatic hydroxyl groups is 1. The van der Waals surface area contributed by atoms with Crippen LogP contribution in [0.1, 0.15) is 8.35 Å². The summed E-state index contributed by atoms with van der Waals surface area (Å²) in [5.41, 5.74) is 0. The van der Waals surface area contributed by atoms with Gasteiger partial charge in [-0.2, -0.15) is 8.42 Å². The van der Waals surface area contributed by atoms with Crippen LogP contribution in [-0.2, 0) is 10.4 Å². The second-order valence-corrected chi connectivity index (χ2v) is 1.66. The number of aliphatic hydroxyl groups excluding tert-OH is 1. The maximum atomic E-state index is 8.74. The van der Waals surface area contributed by atoms with Crippen LogP contribution in [0.2, 0.25) is 0 Å². The van der Waals surface area contributed by atoms with E-state index < -0.39 is 10.4 Å². The molecule has 54 valence electrons. The molecule has 7 heteroatoms. The Hall–Kier alpha value is 0.830. The summed E-state index contributed by atoms with van der Waals surface area (Å²) < 4.78 is 31.6. The van der Waals surface area contributed by atoms with E-state index in [9.17, 15) is 0 Å². The maximum Gasteiger partial charge on any atom is 1.00 e. The molecular weight excluding hydrogens is 159 g/mol. The first-order valence-corrected chi connectivity index (χ1v) is 3.12. The van der Waals surface area contributed by atoms with Gasteiger partial charge in [0.15, 0.2) is 0 Å². The fourth-order valence-electron chi connectivity index (χ4n) is 0. The van der Waals surface area contributed by atoms with Gasteiger partial charge < -0.3 is 6.53 Å². The molecule has 0 saturated heterocycles. The minimum atomic E-state index is -4.67. The Morgan fingerprint density at radius 3 is 1.44 bits per heavy atom. The Labute approximate surface area is 77.4 Å². The molecule has 0 aromatic rings. The van der Waals surface area contributed by atoms with E-state index in [-0.39, 0.29) is 37.6 Å². The zero-order chi connectivity index (χ0) is 7.21. The van der Waals surface area contributed by atoms with Crippen molar-refractivity contribution in [1.29, 1.82) is 0 Å². The first kappa shape index (κ1) is 16.4. The van der Waals surface area contributed by atoms with E-state index in [1.165, 1.54) is 0 Å². The molecule has 0 atom stereocenters. The molecule has 0 fully saturated rings. The van der Waals surface area contributed by atoms with Crippen LogP contribution in [0.3, 0.4) is 0 Å². The van der Waals surface area contributed by atoms with Crippen LogP contribution in [0.5, 0.6) is 0 Å². The van der Waals surface area contributed by atoms with Crippen molar-refractivity contribution in [2.75, 3.05) is 6.61 Å². The van der Waals surface area contributed by atoms with E-state index in [4.69, 9.17) is 22.6 Å². The standard InChI is InChI=1S/C2H6O.Na.H2O4S.H/c1-2-3;;1-5(2,3)4;/h3H,2H2,1H3;;(H2,1,2,3,4);/q;+1;;-1. The summed E-state index contributed by atoms with van der Waals surface area (Å²) in [7, 11) is -4.67. The second-order valence-electron chi connectivity index (χ2n) is 0.764. The van der Waals surface area contributed by atoms with Crippen LogP contribution in [0.15, 0.2) is 0 Å². The van der Waals surface area contributed by atoms with Gasteiger partial charge in [-0.1, -0.05) is 0 Å². The Balaban J connectivity index is -0.0000000326. The van der Waals surface area contributed by atoms with Crippen LogP contribution in [0.4, 0.5) is 0 Å². The molecule has 0 heterocycles. The first-order chi connectivity index (χ1) is 3.41.